The van der Waals surface area contributed by atoms with Crippen LogP contribution in [0.1, 0.15) is 33.1 Å². The van der Waals surface area contributed by atoms with Gasteiger partial charge < -0.3 is 0 Å². The summed E-state index contributed by atoms with van der Waals surface area (Å²) in [5.74, 6) is 0.457. The highest BCUT2D eigenvalue weighted by Gasteiger charge is 2.52. The fraction of sp³-hybridized carbons (Fsp3) is 0.636. The SMILES string of the molecule is CC12C=CC(=O)CC1(C)CC(=O)C2. The second-order valence-corrected chi connectivity index (χ2v) is 4.85. The molecule has 2 unspecified atom stereocenters. The first-order valence-electron chi connectivity index (χ1n) is 4.69. The first-order chi connectivity index (χ1) is 5.95. The van der Waals surface area contributed by atoms with Gasteiger partial charge in [0.2, 0.25) is 0 Å². The number of rotatable bonds is 0. The molecule has 0 aromatic rings. The summed E-state index contributed by atoms with van der Waals surface area (Å²) >= 11 is 0. The monoisotopic (exact) mass is 178 g/mol. The van der Waals surface area contributed by atoms with Gasteiger partial charge in [-0.1, -0.05) is 19.9 Å². The molecule has 0 aromatic carbocycles. The second-order valence-electron chi connectivity index (χ2n) is 4.85. The van der Waals surface area contributed by atoms with E-state index in [4.69, 9.17) is 0 Å². The number of fused-ring (bicyclic) bond motifs is 1. The largest absolute Gasteiger partial charge is 0.300 e. The van der Waals surface area contributed by atoms with Crippen molar-refractivity contribution >= 4 is 11.6 Å². The number of ketones is 2. The van der Waals surface area contributed by atoms with Crippen molar-refractivity contribution in [3.05, 3.63) is 12.2 Å². The Morgan fingerprint density at radius 2 is 1.85 bits per heavy atom. The lowest BCUT2D eigenvalue weighted by Gasteiger charge is -2.40. The Labute approximate surface area is 78.0 Å². The third-order valence-corrected chi connectivity index (χ3v) is 3.73. The van der Waals surface area contributed by atoms with Crippen LogP contribution in [-0.2, 0) is 9.59 Å². The molecule has 0 amide bonds. The van der Waals surface area contributed by atoms with Crippen LogP contribution in [0.5, 0.6) is 0 Å². The van der Waals surface area contributed by atoms with E-state index in [1.165, 1.54) is 0 Å². The number of carbonyl (C=O) groups excluding carboxylic acids is 2. The summed E-state index contributed by atoms with van der Waals surface area (Å²) in [6.07, 6.45) is 5.28. The van der Waals surface area contributed by atoms with E-state index in [1.807, 2.05) is 6.08 Å². The molecule has 0 heterocycles. The van der Waals surface area contributed by atoms with E-state index in [0.29, 0.717) is 25.0 Å². The molecule has 0 radical (unpaired) electrons. The smallest absolute Gasteiger partial charge is 0.155 e. The topological polar surface area (TPSA) is 34.1 Å². The Balaban J connectivity index is 2.45. The number of hydrogen-bond acceptors (Lipinski definition) is 2. The van der Waals surface area contributed by atoms with E-state index in [0.717, 1.165) is 0 Å². The van der Waals surface area contributed by atoms with Crippen molar-refractivity contribution in [3.8, 4) is 0 Å². The molecular formula is C11H14O2. The molecule has 70 valence electrons. The molecular weight excluding hydrogens is 164 g/mol. The summed E-state index contributed by atoms with van der Waals surface area (Å²) in [7, 11) is 0. The average molecular weight is 178 g/mol. The number of allylic oxidation sites excluding steroid dienone is 2. The summed E-state index contributed by atoms with van der Waals surface area (Å²) < 4.78 is 0. The number of carbonyl (C=O) groups is 2. The molecule has 0 bridgehead atoms. The summed E-state index contributed by atoms with van der Waals surface area (Å²) in [6, 6.07) is 0. The molecule has 2 heteroatoms. The maximum Gasteiger partial charge on any atom is 0.155 e. The van der Waals surface area contributed by atoms with Gasteiger partial charge in [-0.3, -0.25) is 9.59 Å². The molecule has 2 aliphatic carbocycles. The maximum atomic E-state index is 11.4. The van der Waals surface area contributed by atoms with Gasteiger partial charge in [0.15, 0.2) is 5.78 Å². The van der Waals surface area contributed by atoms with E-state index in [-0.39, 0.29) is 16.6 Å². The zero-order valence-electron chi connectivity index (χ0n) is 8.09. The third kappa shape index (κ3) is 1.08. The van der Waals surface area contributed by atoms with E-state index >= 15 is 0 Å². The lowest BCUT2D eigenvalue weighted by molar-refractivity contribution is -0.119. The van der Waals surface area contributed by atoms with Crippen molar-refractivity contribution < 1.29 is 9.59 Å². The Morgan fingerprint density at radius 3 is 2.54 bits per heavy atom. The summed E-state index contributed by atoms with van der Waals surface area (Å²) in [5.41, 5.74) is -0.187. The van der Waals surface area contributed by atoms with Gasteiger partial charge >= 0.3 is 0 Å². The van der Waals surface area contributed by atoms with Crippen molar-refractivity contribution in [1.82, 2.24) is 0 Å². The fourth-order valence-electron chi connectivity index (χ4n) is 2.57. The highest BCUT2D eigenvalue weighted by atomic mass is 16.1. The molecule has 0 saturated heterocycles. The molecule has 2 rings (SSSR count). The van der Waals surface area contributed by atoms with E-state index in [1.54, 1.807) is 6.08 Å². The van der Waals surface area contributed by atoms with Gasteiger partial charge in [0.05, 0.1) is 0 Å². The lowest BCUT2D eigenvalue weighted by Crippen LogP contribution is -2.35. The number of hydrogen-bond donors (Lipinski definition) is 0. The minimum Gasteiger partial charge on any atom is -0.300 e. The maximum absolute atomic E-state index is 11.4. The fourth-order valence-corrected chi connectivity index (χ4v) is 2.57. The van der Waals surface area contributed by atoms with Gasteiger partial charge in [-0.15, -0.1) is 0 Å². The van der Waals surface area contributed by atoms with Gasteiger partial charge in [0.1, 0.15) is 5.78 Å². The molecule has 2 nitrogen and oxygen atoms in total. The molecule has 13 heavy (non-hydrogen) atoms. The zero-order chi connectivity index (χ0) is 9.69. The predicted octanol–water partition coefficient (Wildman–Crippen LogP) is 1.89. The van der Waals surface area contributed by atoms with Crippen LogP contribution in [0.2, 0.25) is 0 Å². The quantitative estimate of drug-likeness (QED) is 0.567. The van der Waals surface area contributed by atoms with Crippen molar-refractivity contribution in [2.75, 3.05) is 0 Å². The van der Waals surface area contributed by atoms with Crippen LogP contribution in [0.4, 0.5) is 0 Å². The van der Waals surface area contributed by atoms with E-state index < -0.39 is 0 Å². The van der Waals surface area contributed by atoms with E-state index in [2.05, 4.69) is 13.8 Å². The van der Waals surface area contributed by atoms with Gasteiger partial charge in [-0.05, 0) is 16.9 Å². The number of Topliss-reactive ketones (excluding diaryl/α,β-unsaturated/α-hetero) is 1. The predicted molar refractivity (Wildman–Crippen MR) is 49.2 cm³/mol. The van der Waals surface area contributed by atoms with Crippen LogP contribution < -0.4 is 0 Å². The Morgan fingerprint density at radius 1 is 1.15 bits per heavy atom. The van der Waals surface area contributed by atoms with Crippen LogP contribution in [-0.4, -0.2) is 11.6 Å². The molecule has 1 saturated carbocycles. The Hall–Kier alpha value is -0.920. The molecule has 0 spiro atoms. The van der Waals surface area contributed by atoms with Crippen LogP contribution in [0.3, 0.4) is 0 Å². The normalized spacial score (nSPS) is 43.8. The molecule has 2 aliphatic rings. The summed E-state index contributed by atoms with van der Waals surface area (Å²) in [4.78, 5) is 22.6. The lowest BCUT2D eigenvalue weighted by atomic mass is 9.63. The van der Waals surface area contributed by atoms with Gasteiger partial charge in [0, 0.05) is 19.3 Å². The highest BCUT2D eigenvalue weighted by molar-refractivity contribution is 5.94. The van der Waals surface area contributed by atoms with Crippen LogP contribution in [0, 0.1) is 10.8 Å². The molecule has 0 N–H and O–H groups in total. The standard InChI is InChI=1S/C11H14O2/c1-10-4-3-8(12)5-11(10,2)7-9(13)6-10/h3-4H,5-7H2,1-2H3. The van der Waals surface area contributed by atoms with Crippen molar-refractivity contribution in [2.24, 2.45) is 10.8 Å². The molecule has 0 aliphatic heterocycles. The van der Waals surface area contributed by atoms with Crippen LogP contribution >= 0.6 is 0 Å². The second kappa shape index (κ2) is 2.31. The Kier molecular flexibility index (Phi) is 1.54. The summed E-state index contributed by atoms with van der Waals surface area (Å²) in [6.45, 7) is 4.14. The summed E-state index contributed by atoms with van der Waals surface area (Å²) in [5, 5.41) is 0. The van der Waals surface area contributed by atoms with Crippen molar-refractivity contribution in [1.29, 1.82) is 0 Å². The molecule has 2 atom stereocenters. The van der Waals surface area contributed by atoms with Crippen molar-refractivity contribution in [2.45, 2.75) is 33.1 Å². The van der Waals surface area contributed by atoms with Gasteiger partial charge in [-0.2, -0.15) is 0 Å². The Bertz CT molecular complexity index is 316. The minimum absolute atomic E-state index is 0.0714. The molecule has 1 fully saturated rings. The van der Waals surface area contributed by atoms with Gasteiger partial charge in [0.25, 0.3) is 0 Å². The van der Waals surface area contributed by atoms with Gasteiger partial charge in [-0.25, -0.2) is 0 Å². The van der Waals surface area contributed by atoms with E-state index in [9.17, 15) is 9.59 Å². The average Bonchev–Trinajstić information content (AvgIpc) is 2.19. The first kappa shape index (κ1) is 8.67. The highest BCUT2D eigenvalue weighted by Crippen LogP contribution is 2.55. The third-order valence-electron chi connectivity index (χ3n) is 3.73. The van der Waals surface area contributed by atoms with Crippen molar-refractivity contribution in [3.63, 3.8) is 0 Å². The van der Waals surface area contributed by atoms with Crippen LogP contribution in [0.25, 0.3) is 0 Å². The molecule has 0 aromatic heterocycles. The first-order valence-corrected chi connectivity index (χ1v) is 4.69. The minimum atomic E-state index is -0.115. The van der Waals surface area contributed by atoms with Crippen LogP contribution in [0.15, 0.2) is 12.2 Å². The zero-order valence-corrected chi connectivity index (χ0v) is 8.09.